The standard InChI is InChI=1S/C24H26FN5O/c1-16-4-8-20(9-5-16)28-22-15-23(27-18(3)26-22)29-10-12-30(13-11-29)24(31)19-7-6-17(2)21(25)14-19/h4-9,14-15H,10-13H2,1-3H3,(H,26,27,28). The second-order valence-electron chi connectivity index (χ2n) is 7.89. The Balaban J connectivity index is 1.43. The van der Waals surface area contributed by atoms with Gasteiger partial charge in [0, 0.05) is 43.5 Å². The van der Waals surface area contributed by atoms with Crippen LogP contribution in [0.2, 0.25) is 0 Å². The van der Waals surface area contributed by atoms with Crippen LogP contribution in [0.15, 0.2) is 48.5 Å². The minimum atomic E-state index is -0.352. The fourth-order valence-corrected chi connectivity index (χ4v) is 3.61. The number of rotatable bonds is 4. The molecule has 0 aliphatic carbocycles. The molecule has 31 heavy (non-hydrogen) atoms. The number of benzene rings is 2. The number of anilines is 3. The average molecular weight is 420 g/mol. The molecule has 4 rings (SSSR count). The Kier molecular flexibility index (Phi) is 5.84. The number of nitrogens with zero attached hydrogens (tertiary/aromatic N) is 4. The van der Waals surface area contributed by atoms with Crippen LogP contribution in [0.4, 0.5) is 21.7 Å². The van der Waals surface area contributed by atoms with Gasteiger partial charge in [-0.1, -0.05) is 23.8 Å². The van der Waals surface area contributed by atoms with Crippen molar-refractivity contribution >= 4 is 23.2 Å². The topological polar surface area (TPSA) is 61.4 Å². The van der Waals surface area contributed by atoms with Gasteiger partial charge in [-0.05, 0) is 50.6 Å². The van der Waals surface area contributed by atoms with Crippen molar-refractivity contribution in [3.8, 4) is 0 Å². The van der Waals surface area contributed by atoms with E-state index < -0.39 is 0 Å². The highest BCUT2D eigenvalue weighted by atomic mass is 19.1. The van der Waals surface area contributed by atoms with Crippen molar-refractivity contribution < 1.29 is 9.18 Å². The molecule has 1 aliphatic heterocycles. The second-order valence-corrected chi connectivity index (χ2v) is 7.89. The molecule has 0 radical (unpaired) electrons. The van der Waals surface area contributed by atoms with E-state index in [1.807, 2.05) is 37.3 Å². The lowest BCUT2D eigenvalue weighted by Gasteiger charge is -2.35. The number of carbonyl (C=O) groups excluding carboxylic acids is 1. The van der Waals surface area contributed by atoms with Crippen molar-refractivity contribution in [3.05, 3.63) is 76.9 Å². The SMILES string of the molecule is Cc1ccc(Nc2cc(N3CCN(C(=O)c4ccc(C)c(F)c4)CC3)nc(C)n2)cc1. The van der Waals surface area contributed by atoms with Gasteiger partial charge in [0.2, 0.25) is 0 Å². The third-order valence-electron chi connectivity index (χ3n) is 5.46. The van der Waals surface area contributed by atoms with Crippen molar-refractivity contribution in [3.63, 3.8) is 0 Å². The van der Waals surface area contributed by atoms with Crippen LogP contribution >= 0.6 is 0 Å². The Morgan fingerprint density at radius 1 is 0.935 bits per heavy atom. The molecular formula is C24H26FN5O. The summed E-state index contributed by atoms with van der Waals surface area (Å²) in [5, 5.41) is 3.33. The van der Waals surface area contributed by atoms with Gasteiger partial charge in [0.25, 0.3) is 5.91 Å². The van der Waals surface area contributed by atoms with E-state index in [9.17, 15) is 9.18 Å². The zero-order valence-corrected chi connectivity index (χ0v) is 18.0. The largest absolute Gasteiger partial charge is 0.353 e. The third kappa shape index (κ3) is 4.82. The molecule has 1 fully saturated rings. The van der Waals surface area contributed by atoms with Crippen LogP contribution in [0, 0.1) is 26.6 Å². The minimum absolute atomic E-state index is 0.140. The second kappa shape index (κ2) is 8.71. The van der Waals surface area contributed by atoms with Crippen LogP contribution in [0.3, 0.4) is 0 Å². The molecule has 7 heteroatoms. The summed E-state index contributed by atoms with van der Waals surface area (Å²) in [6.07, 6.45) is 0. The number of hydrogen-bond donors (Lipinski definition) is 1. The van der Waals surface area contributed by atoms with E-state index in [4.69, 9.17) is 0 Å². The fraction of sp³-hybridized carbons (Fsp3) is 0.292. The van der Waals surface area contributed by atoms with E-state index >= 15 is 0 Å². The van der Waals surface area contributed by atoms with Crippen molar-refractivity contribution in [2.24, 2.45) is 0 Å². The molecule has 160 valence electrons. The monoisotopic (exact) mass is 419 g/mol. The van der Waals surface area contributed by atoms with E-state index in [0.717, 1.165) is 17.3 Å². The summed E-state index contributed by atoms with van der Waals surface area (Å²) < 4.78 is 13.8. The Labute approximate surface area is 181 Å². The van der Waals surface area contributed by atoms with Crippen LogP contribution in [-0.2, 0) is 0 Å². The molecule has 1 saturated heterocycles. The van der Waals surface area contributed by atoms with Crippen molar-refractivity contribution in [2.75, 3.05) is 36.4 Å². The molecule has 0 unspecified atom stereocenters. The first-order valence-corrected chi connectivity index (χ1v) is 10.4. The van der Waals surface area contributed by atoms with E-state index in [-0.39, 0.29) is 11.7 Å². The van der Waals surface area contributed by atoms with Crippen molar-refractivity contribution in [1.82, 2.24) is 14.9 Å². The van der Waals surface area contributed by atoms with Crippen molar-refractivity contribution in [2.45, 2.75) is 20.8 Å². The van der Waals surface area contributed by atoms with Crippen molar-refractivity contribution in [1.29, 1.82) is 0 Å². The molecule has 0 saturated carbocycles. The fourth-order valence-electron chi connectivity index (χ4n) is 3.61. The van der Waals surface area contributed by atoms with Crippen LogP contribution < -0.4 is 10.2 Å². The maximum absolute atomic E-state index is 13.8. The Morgan fingerprint density at radius 3 is 2.32 bits per heavy atom. The third-order valence-corrected chi connectivity index (χ3v) is 5.46. The van der Waals surface area contributed by atoms with Gasteiger partial charge >= 0.3 is 0 Å². The molecule has 2 aromatic carbocycles. The highest BCUT2D eigenvalue weighted by Crippen LogP contribution is 2.22. The molecule has 6 nitrogen and oxygen atoms in total. The molecule has 2 heterocycles. The van der Waals surface area contributed by atoms with Crippen LogP contribution in [0.1, 0.15) is 27.3 Å². The summed E-state index contributed by atoms with van der Waals surface area (Å²) in [7, 11) is 0. The lowest BCUT2D eigenvalue weighted by molar-refractivity contribution is 0.0746. The maximum atomic E-state index is 13.8. The normalized spacial score (nSPS) is 13.9. The molecule has 1 aromatic heterocycles. The number of nitrogens with one attached hydrogen (secondary N) is 1. The first kappa shape index (κ1) is 20.8. The highest BCUT2D eigenvalue weighted by Gasteiger charge is 2.24. The summed E-state index contributed by atoms with van der Waals surface area (Å²) in [4.78, 5) is 25.7. The zero-order valence-electron chi connectivity index (χ0n) is 18.0. The van der Waals surface area contributed by atoms with Crippen LogP contribution in [0.25, 0.3) is 0 Å². The highest BCUT2D eigenvalue weighted by molar-refractivity contribution is 5.94. The number of aryl methyl sites for hydroxylation is 3. The molecule has 1 N–H and O–H groups in total. The zero-order chi connectivity index (χ0) is 22.0. The molecule has 0 spiro atoms. The molecule has 1 amide bonds. The van der Waals surface area contributed by atoms with Gasteiger partial charge in [0.15, 0.2) is 0 Å². The lowest BCUT2D eigenvalue weighted by Crippen LogP contribution is -2.49. The molecule has 3 aromatic rings. The maximum Gasteiger partial charge on any atom is 0.254 e. The van der Waals surface area contributed by atoms with E-state index in [1.54, 1.807) is 24.0 Å². The van der Waals surface area contributed by atoms with Crippen LogP contribution in [0.5, 0.6) is 0 Å². The summed E-state index contributed by atoms with van der Waals surface area (Å²) in [5.41, 5.74) is 3.09. The minimum Gasteiger partial charge on any atom is -0.353 e. The smallest absolute Gasteiger partial charge is 0.254 e. The van der Waals surface area contributed by atoms with Crippen LogP contribution in [-0.4, -0.2) is 47.0 Å². The first-order chi connectivity index (χ1) is 14.9. The summed E-state index contributed by atoms with van der Waals surface area (Å²) in [6.45, 7) is 8.03. The molecule has 0 atom stereocenters. The number of carbonyl (C=O) groups is 1. The summed E-state index contributed by atoms with van der Waals surface area (Å²) in [5.74, 6) is 1.75. The van der Waals surface area contributed by atoms with Gasteiger partial charge in [0.05, 0.1) is 0 Å². The number of amides is 1. The molecule has 0 bridgehead atoms. The Hall–Kier alpha value is -3.48. The van der Waals surface area contributed by atoms with Gasteiger partial charge in [-0.25, -0.2) is 14.4 Å². The van der Waals surface area contributed by atoms with E-state index in [2.05, 4.69) is 27.1 Å². The van der Waals surface area contributed by atoms with Gasteiger partial charge < -0.3 is 15.1 Å². The summed E-state index contributed by atoms with van der Waals surface area (Å²) in [6, 6.07) is 14.7. The number of aromatic nitrogens is 2. The first-order valence-electron chi connectivity index (χ1n) is 10.4. The predicted molar refractivity (Wildman–Crippen MR) is 120 cm³/mol. The quantitative estimate of drug-likeness (QED) is 0.685. The molecule has 1 aliphatic rings. The predicted octanol–water partition coefficient (Wildman–Crippen LogP) is 4.25. The summed E-state index contributed by atoms with van der Waals surface area (Å²) >= 11 is 0. The van der Waals surface area contributed by atoms with Gasteiger partial charge in [-0.2, -0.15) is 0 Å². The van der Waals surface area contributed by atoms with Gasteiger partial charge in [-0.15, -0.1) is 0 Å². The number of piperazine rings is 1. The Bertz CT molecular complexity index is 1090. The van der Waals surface area contributed by atoms with Gasteiger partial charge in [-0.3, -0.25) is 4.79 Å². The molecular weight excluding hydrogens is 393 g/mol. The Morgan fingerprint density at radius 2 is 1.65 bits per heavy atom. The average Bonchev–Trinajstić information content (AvgIpc) is 2.76. The van der Waals surface area contributed by atoms with Gasteiger partial charge in [0.1, 0.15) is 23.3 Å². The number of hydrogen-bond acceptors (Lipinski definition) is 5. The van der Waals surface area contributed by atoms with E-state index in [1.165, 1.54) is 11.6 Å². The number of halogens is 1. The van der Waals surface area contributed by atoms with E-state index in [0.29, 0.717) is 43.1 Å². The lowest BCUT2D eigenvalue weighted by atomic mass is 10.1.